The molecule has 0 aliphatic carbocycles. The molecule has 1 amide bonds. The van der Waals surface area contributed by atoms with E-state index in [0.717, 1.165) is 16.7 Å². The Bertz CT molecular complexity index is 1010. The van der Waals surface area contributed by atoms with Gasteiger partial charge in [-0.2, -0.15) is 4.98 Å². The first kappa shape index (κ1) is 21.1. The van der Waals surface area contributed by atoms with E-state index in [1.54, 1.807) is 37.3 Å². The van der Waals surface area contributed by atoms with Crippen molar-refractivity contribution in [3.63, 3.8) is 0 Å². The van der Waals surface area contributed by atoms with Gasteiger partial charge in [-0.3, -0.25) is 4.79 Å². The minimum atomic E-state index is -0.0859. The first-order chi connectivity index (χ1) is 14.5. The second kappa shape index (κ2) is 9.73. The zero-order valence-electron chi connectivity index (χ0n) is 17.4. The van der Waals surface area contributed by atoms with E-state index < -0.39 is 0 Å². The molecular weight excluding hydrogens is 382 g/mol. The van der Waals surface area contributed by atoms with Crippen LogP contribution in [-0.2, 0) is 17.8 Å². The number of amides is 1. The van der Waals surface area contributed by atoms with Crippen molar-refractivity contribution in [2.75, 3.05) is 20.8 Å². The van der Waals surface area contributed by atoms with Crippen LogP contribution in [0.3, 0.4) is 0 Å². The van der Waals surface area contributed by atoms with Crippen molar-refractivity contribution >= 4 is 5.91 Å². The van der Waals surface area contributed by atoms with Gasteiger partial charge in [0, 0.05) is 12.1 Å². The Hall–Kier alpha value is -3.61. The molecule has 3 aromatic rings. The van der Waals surface area contributed by atoms with Crippen molar-refractivity contribution in [3.05, 3.63) is 72.1 Å². The highest BCUT2D eigenvalue weighted by Gasteiger charge is 2.18. The highest BCUT2D eigenvalue weighted by atomic mass is 16.5. The first-order valence-electron chi connectivity index (χ1n) is 9.53. The van der Waals surface area contributed by atoms with Gasteiger partial charge >= 0.3 is 0 Å². The molecule has 0 spiro atoms. The van der Waals surface area contributed by atoms with Crippen LogP contribution < -0.4 is 9.47 Å². The molecule has 0 fully saturated rings. The predicted molar refractivity (Wildman–Crippen MR) is 113 cm³/mol. The minimum Gasteiger partial charge on any atom is -0.493 e. The number of nitrogens with zero attached hydrogens (tertiary/aromatic N) is 3. The molecule has 156 valence electrons. The van der Waals surface area contributed by atoms with E-state index in [0.29, 0.717) is 29.8 Å². The molecule has 0 atom stereocenters. The Morgan fingerprint density at radius 2 is 1.87 bits per heavy atom. The lowest BCUT2D eigenvalue weighted by Crippen LogP contribution is -2.32. The van der Waals surface area contributed by atoms with Crippen LogP contribution in [-0.4, -0.2) is 41.7 Å². The number of carbonyl (C=O) groups excluding carboxylic acids is 1. The molecule has 2 aromatic carbocycles. The van der Waals surface area contributed by atoms with Gasteiger partial charge in [-0.15, -0.1) is 6.58 Å². The SMILES string of the molecule is C=CCN(Cc1nc(-c2ccc(C)cc2)no1)C(=O)Cc1ccc(OC)c(OC)c1. The Balaban J connectivity index is 1.72. The predicted octanol–water partition coefficient (Wildman–Crippen LogP) is 3.82. The van der Waals surface area contributed by atoms with E-state index >= 15 is 0 Å². The number of aromatic nitrogens is 2. The normalized spacial score (nSPS) is 10.5. The molecule has 0 saturated carbocycles. The molecule has 1 heterocycles. The van der Waals surface area contributed by atoms with E-state index in [2.05, 4.69) is 16.7 Å². The fraction of sp³-hybridized carbons (Fsp3) is 0.261. The van der Waals surface area contributed by atoms with Crippen LogP contribution in [0.5, 0.6) is 11.5 Å². The average molecular weight is 407 g/mol. The Morgan fingerprint density at radius 1 is 1.13 bits per heavy atom. The number of benzene rings is 2. The molecule has 0 N–H and O–H groups in total. The van der Waals surface area contributed by atoms with E-state index in [4.69, 9.17) is 14.0 Å². The lowest BCUT2D eigenvalue weighted by Gasteiger charge is -2.19. The van der Waals surface area contributed by atoms with E-state index in [-0.39, 0.29) is 18.9 Å². The fourth-order valence-electron chi connectivity index (χ4n) is 2.99. The lowest BCUT2D eigenvalue weighted by molar-refractivity contribution is -0.130. The zero-order valence-corrected chi connectivity index (χ0v) is 17.4. The molecule has 0 aliphatic heterocycles. The average Bonchev–Trinajstić information content (AvgIpc) is 3.22. The smallest absolute Gasteiger partial charge is 0.246 e. The van der Waals surface area contributed by atoms with Crippen LogP contribution in [0, 0.1) is 6.92 Å². The lowest BCUT2D eigenvalue weighted by atomic mass is 10.1. The monoisotopic (exact) mass is 407 g/mol. The van der Waals surface area contributed by atoms with Gasteiger partial charge in [0.15, 0.2) is 11.5 Å². The summed E-state index contributed by atoms with van der Waals surface area (Å²) < 4.78 is 15.9. The number of methoxy groups -OCH3 is 2. The summed E-state index contributed by atoms with van der Waals surface area (Å²) in [6.45, 7) is 6.34. The van der Waals surface area contributed by atoms with Gasteiger partial charge in [-0.1, -0.05) is 47.1 Å². The van der Waals surface area contributed by atoms with Crippen molar-refractivity contribution in [1.82, 2.24) is 15.0 Å². The summed E-state index contributed by atoms with van der Waals surface area (Å²) in [5, 5.41) is 4.03. The van der Waals surface area contributed by atoms with Crippen LogP contribution >= 0.6 is 0 Å². The molecule has 0 bridgehead atoms. The van der Waals surface area contributed by atoms with E-state index in [9.17, 15) is 4.79 Å². The minimum absolute atomic E-state index is 0.0859. The second-order valence-corrected chi connectivity index (χ2v) is 6.81. The molecule has 30 heavy (non-hydrogen) atoms. The maximum Gasteiger partial charge on any atom is 0.246 e. The molecule has 1 aromatic heterocycles. The van der Waals surface area contributed by atoms with Crippen molar-refractivity contribution in [2.24, 2.45) is 0 Å². The van der Waals surface area contributed by atoms with E-state index in [1.165, 1.54) is 0 Å². The number of hydrogen-bond acceptors (Lipinski definition) is 6. The summed E-state index contributed by atoms with van der Waals surface area (Å²) in [7, 11) is 3.14. The van der Waals surface area contributed by atoms with Crippen LogP contribution in [0.15, 0.2) is 59.6 Å². The van der Waals surface area contributed by atoms with Crippen LogP contribution in [0.4, 0.5) is 0 Å². The third kappa shape index (κ3) is 5.05. The van der Waals surface area contributed by atoms with Crippen LogP contribution in [0.25, 0.3) is 11.4 Å². The zero-order chi connectivity index (χ0) is 21.5. The first-order valence-corrected chi connectivity index (χ1v) is 9.53. The maximum atomic E-state index is 12.9. The summed E-state index contributed by atoms with van der Waals surface area (Å²) >= 11 is 0. The molecule has 0 aliphatic rings. The molecule has 0 unspecified atom stereocenters. The van der Waals surface area contributed by atoms with Gasteiger partial charge < -0.3 is 18.9 Å². The van der Waals surface area contributed by atoms with Gasteiger partial charge in [0.1, 0.15) is 6.54 Å². The van der Waals surface area contributed by atoms with Gasteiger partial charge in [0.25, 0.3) is 0 Å². The number of aryl methyl sites for hydroxylation is 1. The Kier molecular flexibility index (Phi) is 6.85. The molecule has 0 saturated heterocycles. The molecule has 0 radical (unpaired) electrons. The largest absolute Gasteiger partial charge is 0.493 e. The molecular formula is C23H25N3O4. The fourth-order valence-corrected chi connectivity index (χ4v) is 2.99. The highest BCUT2D eigenvalue weighted by Crippen LogP contribution is 2.28. The van der Waals surface area contributed by atoms with Crippen molar-refractivity contribution in [1.29, 1.82) is 0 Å². The summed E-state index contributed by atoms with van der Waals surface area (Å²) in [5.41, 5.74) is 2.83. The highest BCUT2D eigenvalue weighted by molar-refractivity contribution is 5.79. The quantitative estimate of drug-likeness (QED) is 0.502. The van der Waals surface area contributed by atoms with Gasteiger partial charge in [0.05, 0.1) is 20.6 Å². The standard InChI is InChI=1S/C23H25N3O4/c1-5-12-26(22(27)14-17-8-11-19(28-3)20(13-17)29-4)15-21-24-23(25-30-21)18-9-6-16(2)7-10-18/h5-11,13H,1,12,14-15H2,2-4H3. The Labute approximate surface area is 175 Å². The van der Waals surface area contributed by atoms with Gasteiger partial charge in [-0.05, 0) is 24.6 Å². The van der Waals surface area contributed by atoms with Gasteiger partial charge in [0.2, 0.25) is 17.6 Å². The molecule has 7 nitrogen and oxygen atoms in total. The number of carbonyl (C=O) groups is 1. The van der Waals surface area contributed by atoms with Crippen molar-refractivity contribution < 1.29 is 18.8 Å². The van der Waals surface area contributed by atoms with Crippen LogP contribution in [0.2, 0.25) is 0 Å². The summed E-state index contributed by atoms with van der Waals surface area (Å²) in [6.07, 6.45) is 1.87. The van der Waals surface area contributed by atoms with E-state index in [1.807, 2.05) is 37.3 Å². The second-order valence-electron chi connectivity index (χ2n) is 6.81. The topological polar surface area (TPSA) is 77.7 Å². The van der Waals surface area contributed by atoms with Gasteiger partial charge in [-0.25, -0.2) is 0 Å². The number of hydrogen-bond donors (Lipinski definition) is 0. The third-order valence-electron chi connectivity index (χ3n) is 4.61. The van der Waals surface area contributed by atoms with Crippen molar-refractivity contribution in [2.45, 2.75) is 19.9 Å². The molecule has 3 rings (SSSR count). The summed E-state index contributed by atoms with van der Waals surface area (Å²) in [5.74, 6) is 1.98. The third-order valence-corrected chi connectivity index (χ3v) is 4.61. The number of rotatable bonds is 9. The number of ether oxygens (including phenoxy) is 2. The maximum absolute atomic E-state index is 12.9. The van der Waals surface area contributed by atoms with Crippen LogP contribution in [0.1, 0.15) is 17.0 Å². The van der Waals surface area contributed by atoms with Crippen molar-refractivity contribution in [3.8, 4) is 22.9 Å². The summed E-state index contributed by atoms with van der Waals surface area (Å²) in [4.78, 5) is 18.9. The summed E-state index contributed by atoms with van der Waals surface area (Å²) in [6, 6.07) is 13.3. The molecule has 7 heteroatoms. The Morgan fingerprint density at radius 3 is 2.53 bits per heavy atom.